The van der Waals surface area contributed by atoms with Gasteiger partial charge in [-0.3, -0.25) is 14.8 Å². The predicted molar refractivity (Wildman–Crippen MR) is 93.8 cm³/mol. The van der Waals surface area contributed by atoms with Crippen LogP contribution in [0.4, 0.5) is 11.4 Å². The lowest BCUT2D eigenvalue weighted by molar-refractivity contribution is -0.384. The van der Waals surface area contributed by atoms with Crippen molar-refractivity contribution in [3.63, 3.8) is 0 Å². The Bertz CT molecular complexity index is 1080. The second-order valence-corrected chi connectivity index (χ2v) is 7.15. The van der Waals surface area contributed by atoms with Crippen molar-refractivity contribution in [3.05, 3.63) is 57.7 Å². The summed E-state index contributed by atoms with van der Waals surface area (Å²) in [6.07, 6.45) is 1.28. The van der Waals surface area contributed by atoms with Crippen LogP contribution >= 0.6 is 11.6 Å². The average Bonchev–Trinajstić information content (AvgIpc) is 2.98. The van der Waals surface area contributed by atoms with Gasteiger partial charge in [0.05, 0.1) is 22.7 Å². The van der Waals surface area contributed by atoms with E-state index in [9.17, 15) is 18.5 Å². The molecule has 0 radical (unpaired) electrons. The van der Waals surface area contributed by atoms with Crippen molar-refractivity contribution in [3.8, 4) is 5.75 Å². The maximum atomic E-state index is 12.6. The van der Waals surface area contributed by atoms with Gasteiger partial charge in [-0.15, -0.1) is 0 Å². The molecule has 0 amide bonds. The summed E-state index contributed by atoms with van der Waals surface area (Å²) in [6.45, 7) is 0. The zero-order valence-corrected chi connectivity index (χ0v) is 14.4. The summed E-state index contributed by atoms with van der Waals surface area (Å²) in [5.41, 5.74) is 0.514. The van der Waals surface area contributed by atoms with E-state index in [1.165, 1.54) is 49.7 Å². The number of nitrogens with zero attached hydrogens (tertiary/aromatic N) is 1. The fourth-order valence-electron chi connectivity index (χ4n) is 2.36. The van der Waals surface area contributed by atoms with E-state index in [1.807, 2.05) is 0 Å². The van der Waals surface area contributed by atoms with E-state index in [1.54, 1.807) is 0 Å². The van der Waals surface area contributed by atoms with Crippen molar-refractivity contribution >= 4 is 43.9 Å². The van der Waals surface area contributed by atoms with E-state index in [-0.39, 0.29) is 26.7 Å². The van der Waals surface area contributed by atoms with Crippen LogP contribution in [-0.2, 0) is 10.0 Å². The van der Waals surface area contributed by atoms with Crippen LogP contribution in [0.5, 0.6) is 5.75 Å². The van der Waals surface area contributed by atoms with Crippen LogP contribution in [0.1, 0.15) is 0 Å². The van der Waals surface area contributed by atoms with E-state index >= 15 is 0 Å². The zero-order chi connectivity index (χ0) is 18.2. The third-order valence-corrected chi connectivity index (χ3v) is 5.25. The second-order valence-electron chi connectivity index (χ2n) is 5.09. The molecular weight excluding hydrogens is 370 g/mol. The normalized spacial score (nSPS) is 11.4. The van der Waals surface area contributed by atoms with Crippen LogP contribution < -0.4 is 9.46 Å². The standard InChI is InChI=1S/C15H12ClN3O5S/c1-24-14-5-2-9(6-12(14)16)18-25(22,23)15-8-17-13-4-3-10(19(20)21)7-11(13)15/h2-8,17-18H,1H3. The number of halogens is 1. The fraction of sp³-hybridized carbons (Fsp3) is 0.0667. The molecule has 25 heavy (non-hydrogen) atoms. The number of methoxy groups -OCH3 is 1. The van der Waals surface area contributed by atoms with Gasteiger partial charge >= 0.3 is 0 Å². The van der Waals surface area contributed by atoms with Gasteiger partial charge in [0.2, 0.25) is 0 Å². The summed E-state index contributed by atoms with van der Waals surface area (Å²) in [4.78, 5) is 13.0. The van der Waals surface area contributed by atoms with Gasteiger partial charge in [0.1, 0.15) is 10.6 Å². The number of H-pyrrole nitrogens is 1. The largest absolute Gasteiger partial charge is 0.495 e. The Balaban J connectivity index is 2.02. The molecule has 0 aliphatic heterocycles. The highest BCUT2D eigenvalue weighted by Gasteiger charge is 2.21. The van der Waals surface area contributed by atoms with Gasteiger partial charge in [0, 0.05) is 29.2 Å². The number of rotatable bonds is 5. The maximum Gasteiger partial charge on any atom is 0.270 e. The van der Waals surface area contributed by atoms with Crippen molar-refractivity contribution in [1.82, 2.24) is 4.98 Å². The van der Waals surface area contributed by atoms with Crippen LogP contribution in [0.3, 0.4) is 0 Å². The van der Waals surface area contributed by atoms with Gasteiger partial charge in [-0.2, -0.15) is 0 Å². The number of ether oxygens (including phenoxy) is 1. The average molecular weight is 382 g/mol. The van der Waals surface area contributed by atoms with E-state index < -0.39 is 14.9 Å². The van der Waals surface area contributed by atoms with E-state index in [0.717, 1.165) is 0 Å². The van der Waals surface area contributed by atoms with E-state index in [2.05, 4.69) is 9.71 Å². The van der Waals surface area contributed by atoms with Crippen molar-refractivity contribution in [2.45, 2.75) is 4.90 Å². The minimum absolute atomic E-state index is 0.0989. The molecular formula is C15H12ClN3O5S. The molecule has 0 atom stereocenters. The molecule has 10 heteroatoms. The summed E-state index contributed by atoms with van der Waals surface area (Å²) in [7, 11) is -2.53. The van der Waals surface area contributed by atoms with Crippen LogP contribution in [-0.4, -0.2) is 25.4 Å². The van der Waals surface area contributed by atoms with Crippen LogP contribution in [0.2, 0.25) is 5.02 Å². The summed E-state index contributed by atoms with van der Waals surface area (Å²) in [5, 5.41) is 11.4. The summed E-state index contributed by atoms with van der Waals surface area (Å²) in [6, 6.07) is 8.40. The van der Waals surface area contributed by atoms with Gasteiger partial charge in [-0.05, 0) is 24.3 Å². The molecule has 0 saturated carbocycles. The lowest BCUT2D eigenvalue weighted by atomic mass is 10.2. The number of anilines is 1. The number of hydrogen-bond acceptors (Lipinski definition) is 5. The third kappa shape index (κ3) is 3.24. The number of sulfonamides is 1. The topological polar surface area (TPSA) is 114 Å². The van der Waals surface area contributed by atoms with Crippen LogP contribution in [0.15, 0.2) is 47.5 Å². The molecule has 3 aromatic rings. The lowest BCUT2D eigenvalue weighted by Gasteiger charge is -2.09. The summed E-state index contributed by atoms with van der Waals surface area (Å²) >= 11 is 5.99. The Morgan fingerprint density at radius 3 is 2.64 bits per heavy atom. The Morgan fingerprint density at radius 2 is 2.00 bits per heavy atom. The Hall–Kier alpha value is -2.78. The molecule has 0 fully saturated rings. The van der Waals surface area contributed by atoms with Crippen molar-refractivity contribution in [2.24, 2.45) is 0 Å². The molecule has 0 bridgehead atoms. The van der Waals surface area contributed by atoms with Gasteiger partial charge in [0.15, 0.2) is 0 Å². The SMILES string of the molecule is COc1ccc(NS(=O)(=O)c2c[nH]c3ccc([N+](=O)[O-])cc23)cc1Cl. The number of nitro groups is 1. The molecule has 8 nitrogen and oxygen atoms in total. The monoisotopic (exact) mass is 381 g/mol. The van der Waals surface area contributed by atoms with Gasteiger partial charge in [-0.1, -0.05) is 11.6 Å². The Morgan fingerprint density at radius 1 is 1.24 bits per heavy atom. The van der Waals surface area contributed by atoms with Crippen LogP contribution in [0, 0.1) is 10.1 Å². The lowest BCUT2D eigenvalue weighted by Crippen LogP contribution is -2.12. The molecule has 1 aromatic heterocycles. The molecule has 2 N–H and O–H groups in total. The quantitative estimate of drug-likeness (QED) is 0.518. The molecule has 0 spiro atoms. The van der Waals surface area contributed by atoms with E-state index in [4.69, 9.17) is 16.3 Å². The third-order valence-electron chi connectivity index (χ3n) is 3.53. The second kappa shape index (κ2) is 6.26. The zero-order valence-electron chi connectivity index (χ0n) is 12.8. The molecule has 0 saturated heterocycles. The van der Waals surface area contributed by atoms with Crippen LogP contribution in [0.25, 0.3) is 10.9 Å². The first-order chi connectivity index (χ1) is 11.8. The first-order valence-corrected chi connectivity index (χ1v) is 8.80. The smallest absolute Gasteiger partial charge is 0.270 e. The highest BCUT2D eigenvalue weighted by Crippen LogP contribution is 2.31. The van der Waals surface area contributed by atoms with Crippen molar-refractivity contribution in [2.75, 3.05) is 11.8 Å². The highest BCUT2D eigenvalue weighted by atomic mass is 35.5. The first kappa shape index (κ1) is 17.1. The molecule has 3 rings (SSSR count). The number of hydrogen-bond donors (Lipinski definition) is 2. The molecule has 0 unspecified atom stereocenters. The number of non-ortho nitro benzene ring substituents is 1. The number of aromatic nitrogens is 1. The maximum absolute atomic E-state index is 12.6. The molecule has 0 aliphatic carbocycles. The van der Waals surface area contributed by atoms with Crippen molar-refractivity contribution < 1.29 is 18.1 Å². The molecule has 1 heterocycles. The van der Waals surface area contributed by atoms with Crippen molar-refractivity contribution in [1.29, 1.82) is 0 Å². The Kier molecular flexibility index (Phi) is 4.27. The Labute approximate surface area is 147 Å². The molecule has 130 valence electrons. The molecule has 2 aromatic carbocycles. The van der Waals surface area contributed by atoms with Gasteiger partial charge < -0.3 is 9.72 Å². The van der Waals surface area contributed by atoms with Gasteiger partial charge in [0.25, 0.3) is 15.7 Å². The van der Waals surface area contributed by atoms with E-state index in [0.29, 0.717) is 11.3 Å². The summed E-state index contributed by atoms with van der Waals surface area (Å²) in [5.74, 6) is 0.410. The number of nitrogens with one attached hydrogen (secondary N) is 2. The number of fused-ring (bicyclic) bond motifs is 1. The summed E-state index contributed by atoms with van der Waals surface area (Å²) < 4.78 is 32.7. The van der Waals surface area contributed by atoms with Gasteiger partial charge in [-0.25, -0.2) is 8.42 Å². The molecule has 0 aliphatic rings. The first-order valence-electron chi connectivity index (χ1n) is 6.94. The number of nitro benzene ring substituents is 1. The number of aromatic amines is 1. The predicted octanol–water partition coefficient (Wildman–Crippen LogP) is 3.54. The fourth-order valence-corrected chi connectivity index (χ4v) is 3.84. The highest BCUT2D eigenvalue weighted by molar-refractivity contribution is 7.93. The number of benzene rings is 2. The minimum atomic E-state index is -3.98. The minimum Gasteiger partial charge on any atom is -0.495 e.